The standard InChI is InChI=1S/C22H40N8O/c1-6-9-17(4)24-21-26-19(23)18-20(27-21)30(22(25-18)31-5)11-8-7-10-28-12-14-29(15-13-28)16(2)3/h16-17H,6-15H2,1-5H3,(H3,23,24,26,27)/t17-/m1/s1. The number of methoxy groups -OCH3 is 1. The van der Waals surface area contributed by atoms with Crippen molar-refractivity contribution in [2.45, 2.75) is 72.0 Å². The fourth-order valence-corrected chi connectivity index (χ4v) is 4.26. The maximum absolute atomic E-state index is 6.20. The van der Waals surface area contributed by atoms with E-state index in [4.69, 9.17) is 15.5 Å². The lowest BCUT2D eigenvalue weighted by Gasteiger charge is -2.36. The van der Waals surface area contributed by atoms with E-state index in [0.29, 0.717) is 29.3 Å². The number of imidazole rings is 1. The number of unbranched alkanes of at least 4 members (excludes halogenated alkanes) is 1. The van der Waals surface area contributed by atoms with E-state index in [2.05, 4.69) is 52.8 Å². The van der Waals surface area contributed by atoms with E-state index in [1.54, 1.807) is 7.11 Å². The largest absolute Gasteiger partial charge is 0.468 e. The van der Waals surface area contributed by atoms with Crippen molar-refractivity contribution in [3.63, 3.8) is 0 Å². The van der Waals surface area contributed by atoms with Crippen molar-refractivity contribution in [2.24, 2.45) is 0 Å². The van der Waals surface area contributed by atoms with E-state index >= 15 is 0 Å². The Morgan fingerprint density at radius 1 is 1.03 bits per heavy atom. The zero-order valence-electron chi connectivity index (χ0n) is 19.9. The number of anilines is 2. The molecular formula is C22H40N8O. The van der Waals surface area contributed by atoms with Crippen LogP contribution in [0.25, 0.3) is 11.2 Å². The van der Waals surface area contributed by atoms with Crippen molar-refractivity contribution < 1.29 is 4.74 Å². The quantitative estimate of drug-likeness (QED) is 0.523. The number of rotatable bonds is 11. The molecule has 0 unspecified atom stereocenters. The normalized spacial score (nSPS) is 16.8. The molecular weight excluding hydrogens is 392 g/mol. The fourth-order valence-electron chi connectivity index (χ4n) is 4.26. The molecule has 1 atom stereocenters. The van der Waals surface area contributed by atoms with Crippen LogP contribution in [0.2, 0.25) is 0 Å². The van der Waals surface area contributed by atoms with Crippen LogP contribution in [0.3, 0.4) is 0 Å². The van der Waals surface area contributed by atoms with Crippen LogP contribution in [0.4, 0.5) is 11.8 Å². The minimum atomic E-state index is 0.288. The number of nitrogens with two attached hydrogens (primary N) is 1. The first-order valence-corrected chi connectivity index (χ1v) is 11.7. The first kappa shape index (κ1) is 23.5. The number of hydrogen-bond donors (Lipinski definition) is 2. The third-order valence-electron chi connectivity index (χ3n) is 6.11. The molecule has 1 saturated heterocycles. The number of nitrogen functional groups attached to an aromatic ring is 1. The van der Waals surface area contributed by atoms with Crippen molar-refractivity contribution >= 4 is 22.9 Å². The summed E-state index contributed by atoms with van der Waals surface area (Å²) in [4.78, 5) is 18.8. The zero-order chi connectivity index (χ0) is 22.4. The van der Waals surface area contributed by atoms with Crippen LogP contribution in [0.5, 0.6) is 6.01 Å². The second-order valence-electron chi connectivity index (χ2n) is 8.87. The van der Waals surface area contributed by atoms with Crippen molar-refractivity contribution in [3.05, 3.63) is 0 Å². The van der Waals surface area contributed by atoms with E-state index < -0.39 is 0 Å². The Bertz CT molecular complexity index is 829. The van der Waals surface area contributed by atoms with Gasteiger partial charge in [-0.3, -0.25) is 9.47 Å². The van der Waals surface area contributed by atoms with Crippen molar-refractivity contribution in [2.75, 3.05) is 50.9 Å². The molecule has 3 rings (SSSR count). The van der Waals surface area contributed by atoms with Crippen molar-refractivity contribution in [1.82, 2.24) is 29.3 Å². The van der Waals surface area contributed by atoms with E-state index in [1.165, 1.54) is 13.1 Å². The molecule has 2 aromatic heterocycles. The minimum Gasteiger partial charge on any atom is -0.468 e. The molecule has 1 fully saturated rings. The molecule has 2 aromatic rings. The number of aryl methyl sites for hydroxylation is 1. The van der Waals surface area contributed by atoms with E-state index in [9.17, 15) is 0 Å². The Hall–Kier alpha value is -2.13. The molecule has 0 saturated carbocycles. The highest BCUT2D eigenvalue weighted by molar-refractivity contribution is 5.84. The molecule has 0 radical (unpaired) electrons. The maximum Gasteiger partial charge on any atom is 0.298 e. The number of hydrogen-bond acceptors (Lipinski definition) is 8. The third-order valence-corrected chi connectivity index (χ3v) is 6.11. The Balaban J connectivity index is 1.62. The molecule has 3 heterocycles. The smallest absolute Gasteiger partial charge is 0.298 e. The van der Waals surface area contributed by atoms with Gasteiger partial charge in [-0.15, -0.1) is 0 Å². The van der Waals surface area contributed by atoms with Crippen LogP contribution in [0.15, 0.2) is 0 Å². The maximum atomic E-state index is 6.20. The number of aromatic nitrogens is 4. The van der Waals surface area contributed by atoms with Gasteiger partial charge in [0.1, 0.15) is 0 Å². The molecule has 1 aliphatic heterocycles. The second-order valence-corrected chi connectivity index (χ2v) is 8.87. The first-order valence-electron chi connectivity index (χ1n) is 11.7. The van der Waals surface area contributed by atoms with Crippen LogP contribution in [0.1, 0.15) is 53.4 Å². The number of ether oxygens (including phenoxy) is 1. The first-order chi connectivity index (χ1) is 14.9. The zero-order valence-corrected chi connectivity index (χ0v) is 19.9. The highest BCUT2D eigenvalue weighted by Crippen LogP contribution is 2.25. The summed E-state index contributed by atoms with van der Waals surface area (Å²) in [5.74, 6) is 0.939. The molecule has 0 spiro atoms. The van der Waals surface area contributed by atoms with Crippen LogP contribution in [0, 0.1) is 0 Å². The molecule has 31 heavy (non-hydrogen) atoms. The van der Waals surface area contributed by atoms with Gasteiger partial charge in [0.05, 0.1) is 7.11 Å². The predicted molar refractivity (Wildman–Crippen MR) is 127 cm³/mol. The molecule has 9 heteroatoms. The highest BCUT2D eigenvalue weighted by atomic mass is 16.5. The van der Waals surface area contributed by atoms with Gasteiger partial charge in [0.25, 0.3) is 6.01 Å². The third kappa shape index (κ3) is 5.98. The lowest BCUT2D eigenvalue weighted by atomic mass is 10.2. The number of nitrogens with zero attached hydrogens (tertiary/aromatic N) is 6. The molecule has 0 aliphatic carbocycles. The fraction of sp³-hybridized carbons (Fsp3) is 0.773. The van der Waals surface area contributed by atoms with Crippen LogP contribution in [-0.4, -0.2) is 81.2 Å². The molecule has 174 valence electrons. The Kier molecular flexibility index (Phi) is 8.31. The van der Waals surface area contributed by atoms with Gasteiger partial charge >= 0.3 is 0 Å². The van der Waals surface area contributed by atoms with Crippen LogP contribution in [-0.2, 0) is 6.54 Å². The molecule has 3 N–H and O–H groups in total. The van der Waals surface area contributed by atoms with Gasteiger partial charge in [0, 0.05) is 44.8 Å². The van der Waals surface area contributed by atoms with Gasteiger partial charge in [-0.2, -0.15) is 15.0 Å². The summed E-state index contributed by atoms with van der Waals surface area (Å²) < 4.78 is 7.55. The predicted octanol–water partition coefficient (Wildman–Crippen LogP) is 2.82. The Morgan fingerprint density at radius 2 is 1.74 bits per heavy atom. The minimum absolute atomic E-state index is 0.288. The average molecular weight is 433 g/mol. The number of fused-ring (bicyclic) bond motifs is 1. The summed E-state index contributed by atoms with van der Waals surface area (Å²) in [5.41, 5.74) is 7.54. The Morgan fingerprint density at radius 3 is 2.39 bits per heavy atom. The summed E-state index contributed by atoms with van der Waals surface area (Å²) in [7, 11) is 1.64. The molecule has 0 amide bonds. The van der Waals surface area contributed by atoms with Crippen LogP contribution < -0.4 is 15.8 Å². The van der Waals surface area contributed by atoms with Gasteiger partial charge < -0.3 is 20.7 Å². The summed E-state index contributed by atoms with van der Waals surface area (Å²) in [6.07, 6.45) is 4.31. The monoisotopic (exact) mass is 432 g/mol. The summed E-state index contributed by atoms with van der Waals surface area (Å²) in [5, 5.41) is 3.36. The van der Waals surface area contributed by atoms with Gasteiger partial charge in [-0.05, 0) is 46.6 Å². The molecule has 9 nitrogen and oxygen atoms in total. The lowest BCUT2D eigenvalue weighted by molar-refractivity contribution is 0.107. The molecule has 1 aliphatic rings. The average Bonchev–Trinajstić information content (AvgIpc) is 3.10. The topological polar surface area (TPSA) is 97.4 Å². The lowest BCUT2D eigenvalue weighted by Crippen LogP contribution is -2.48. The molecule has 0 aromatic carbocycles. The van der Waals surface area contributed by atoms with Gasteiger partial charge in [0.2, 0.25) is 5.95 Å². The summed E-state index contributed by atoms with van der Waals surface area (Å²) in [6.45, 7) is 15.4. The van der Waals surface area contributed by atoms with E-state index in [0.717, 1.165) is 57.5 Å². The Labute approximate surface area is 186 Å². The number of nitrogens with one attached hydrogen (secondary N) is 1. The SMILES string of the molecule is CCC[C@@H](C)Nc1nc(N)c2nc(OC)n(CCCCN3CCN(C(C)C)CC3)c2n1. The van der Waals surface area contributed by atoms with Gasteiger partial charge in [0.15, 0.2) is 17.0 Å². The molecule has 0 bridgehead atoms. The summed E-state index contributed by atoms with van der Waals surface area (Å²) in [6, 6.07) is 1.47. The van der Waals surface area contributed by atoms with Crippen molar-refractivity contribution in [1.29, 1.82) is 0 Å². The van der Waals surface area contributed by atoms with Gasteiger partial charge in [-0.25, -0.2) is 0 Å². The van der Waals surface area contributed by atoms with Crippen LogP contribution >= 0.6 is 0 Å². The highest BCUT2D eigenvalue weighted by Gasteiger charge is 2.20. The van der Waals surface area contributed by atoms with Crippen molar-refractivity contribution in [3.8, 4) is 6.01 Å². The van der Waals surface area contributed by atoms with E-state index in [-0.39, 0.29) is 6.04 Å². The number of piperazine rings is 1. The second kappa shape index (κ2) is 10.9. The summed E-state index contributed by atoms with van der Waals surface area (Å²) >= 11 is 0. The van der Waals surface area contributed by atoms with Gasteiger partial charge in [-0.1, -0.05) is 13.3 Å². The van der Waals surface area contributed by atoms with E-state index in [1.807, 2.05) is 4.57 Å².